The molecule has 2 aromatic carbocycles. The number of amides is 1. The van der Waals surface area contributed by atoms with Crippen molar-refractivity contribution in [3.05, 3.63) is 88.0 Å². The summed E-state index contributed by atoms with van der Waals surface area (Å²) in [6.07, 6.45) is -0.149. The lowest BCUT2D eigenvalue weighted by atomic mass is 10.1. The van der Waals surface area contributed by atoms with Crippen LogP contribution in [0.1, 0.15) is 33.4 Å². The summed E-state index contributed by atoms with van der Waals surface area (Å²) >= 11 is 5.93. The van der Waals surface area contributed by atoms with Crippen LogP contribution in [0.15, 0.2) is 54.6 Å². The largest absolute Gasteiger partial charge is 0.365 e. The fraction of sp³-hybridized carbons (Fsp3) is 0.200. The van der Waals surface area contributed by atoms with Gasteiger partial charge in [-0.25, -0.2) is 4.39 Å². The van der Waals surface area contributed by atoms with Crippen molar-refractivity contribution in [3.63, 3.8) is 0 Å². The zero-order valence-electron chi connectivity index (χ0n) is 14.4. The second-order valence-electron chi connectivity index (χ2n) is 6.33. The van der Waals surface area contributed by atoms with Crippen molar-refractivity contribution in [2.75, 3.05) is 0 Å². The van der Waals surface area contributed by atoms with E-state index in [1.165, 1.54) is 6.07 Å². The summed E-state index contributed by atoms with van der Waals surface area (Å²) in [6.45, 7) is 0.982. The molecule has 0 unspecified atom stereocenters. The van der Waals surface area contributed by atoms with Gasteiger partial charge in [-0.3, -0.25) is 9.48 Å². The number of ether oxygens (including phenoxy) is 1. The second-order valence-corrected chi connectivity index (χ2v) is 6.76. The minimum absolute atomic E-state index is 0.109. The van der Waals surface area contributed by atoms with Gasteiger partial charge in [0.25, 0.3) is 5.91 Å². The number of rotatable bonds is 4. The maximum atomic E-state index is 13.7. The van der Waals surface area contributed by atoms with Gasteiger partial charge in [-0.2, -0.15) is 5.10 Å². The highest BCUT2D eigenvalue weighted by atomic mass is 35.5. The number of nitrogens with zero attached hydrogens (tertiary/aromatic N) is 2. The average Bonchev–Trinajstić information content (AvgIpc) is 3.11. The van der Waals surface area contributed by atoms with Crippen molar-refractivity contribution in [2.24, 2.45) is 0 Å². The summed E-state index contributed by atoms with van der Waals surface area (Å²) in [5, 5.41) is 7.76. The first kappa shape index (κ1) is 17.7. The Bertz CT molecular complexity index is 972. The molecule has 1 aliphatic rings. The third kappa shape index (κ3) is 3.86. The van der Waals surface area contributed by atoms with E-state index in [0.29, 0.717) is 29.4 Å². The van der Waals surface area contributed by atoms with Crippen LogP contribution in [-0.4, -0.2) is 15.7 Å². The quantitative estimate of drug-likeness (QED) is 0.741. The molecule has 5 nitrogen and oxygen atoms in total. The van der Waals surface area contributed by atoms with E-state index < -0.39 is 0 Å². The third-order valence-electron chi connectivity index (χ3n) is 4.51. The Morgan fingerprint density at radius 1 is 1.26 bits per heavy atom. The molecule has 4 rings (SSSR count). The summed E-state index contributed by atoms with van der Waals surface area (Å²) in [5.41, 5.74) is 2.56. The molecule has 3 aromatic rings. The molecule has 0 bridgehead atoms. The topological polar surface area (TPSA) is 56.2 Å². The molecule has 7 heteroatoms. The van der Waals surface area contributed by atoms with Crippen LogP contribution < -0.4 is 5.32 Å². The number of carbonyl (C=O) groups is 1. The van der Waals surface area contributed by atoms with E-state index in [-0.39, 0.29) is 24.4 Å². The number of carbonyl (C=O) groups excluding carboxylic acids is 1. The fourth-order valence-electron chi connectivity index (χ4n) is 3.02. The van der Waals surface area contributed by atoms with Crippen molar-refractivity contribution >= 4 is 17.5 Å². The van der Waals surface area contributed by atoms with Crippen LogP contribution in [0.3, 0.4) is 0 Å². The minimum atomic E-state index is -0.346. The van der Waals surface area contributed by atoms with E-state index in [0.717, 1.165) is 11.3 Å². The van der Waals surface area contributed by atoms with Gasteiger partial charge in [-0.05, 0) is 29.8 Å². The first-order chi connectivity index (χ1) is 13.1. The van der Waals surface area contributed by atoms with Gasteiger partial charge in [0, 0.05) is 17.1 Å². The van der Waals surface area contributed by atoms with Gasteiger partial charge in [0.05, 0.1) is 18.8 Å². The van der Waals surface area contributed by atoms with Gasteiger partial charge < -0.3 is 10.1 Å². The number of aromatic nitrogens is 2. The number of hydrogen-bond donors (Lipinski definition) is 1. The predicted molar refractivity (Wildman–Crippen MR) is 98.8 cm³/mol. The van der Waals surface area contributed by atoms with E-state index in [9.17, 15) is 9.18 Å². The minimum Gasteiger partial charge on any atom is -0.365 e. The smallest absolute Gasteiger partial charge is 0.272 e. The number of hydrogen-bond acceptors (Lipinski definition) is 3. The summed E-state index contributed by atoms with van der Waals surface area (Å²) in [5.74, 6) is -0.690. The highest BCUT2D eigenvalue weighted by Gasteiger charge is 2.24. The molecule has 0 saturated carbocycles. The summed E-state index contributed by atoms with van der Waals surface area (Å²) < 4.78 is 21.3. The molecule has 1 atom stereocenters. The van der Waals surface area contributed by atoms with Crippen molar-refractivity contribution < 1.29 is 13.9 Å². The van der Waals surface area contributed by atoms with Crippen LogP contribution in [0.2, 0.25) is 5.02 Å². The summed E-state index contributed by atoms with van der Waals surface area (Å²) in [6, 6.07) is 15.5. The summed E-state index contributed by atoms with van der Waals surface area (Å²) in [4.78, 5) is 12.4. The maximum absolute atomic E-state index is 13.7. The van der Waals surface area contributed by atoms with Gasteiger partial charge in [-0.1, -0.05) is 41.9 Å². The van der Waals surface area contributed by atoms with E-state index in [1.54, 1.807) is 28.9 Å². The average molecular weight is 386 g/mol. The SMILES string of the molecule is O=C(NCc1ccccc1F)c1cc2n(n1)C[C@@H](c1ccc(Cl)cc1)OC2. The Morgan fingerprint density at radius 3 is 2.81 bits per heavy atom. The van der Waals surface area contributed by atoms with Crippen molar-refractivity contribution in [2.45, 2.75) is 25.8 Å². The Labute approximate surface area is 160 Å². The first-order valence-corrected chi connectivity index (χ1v) is 8.93. The van der Waals surface area contributed by atoms with Crippen LogP contribution in [-0.2, 0) is 24.4 Å². The van der Waals surface area contributed by atoms with Gasteiger partial charge in [-0.15, -0.1) is 0 Å². The standard InChI is InChI=1S/C20H17ClFN3O2/c21-15-7-5-13(6-8-15)19-11-25-16(12-27-19)9-18(24-25)20(26)23-10-14-3-1-2-4-17(14)22/h1-9,19H,10-12H2,(H,23,26)/t19-/m0/s1. The molecular formula is C20H17ClFN3O2. The predicted octanol–water partition coefficient (Wildman–Crippen LogP) is 3.88. The Kier molecular flexibility index (Phi) is 4.92. The molecule has 1 N–H and O–H groups in total. The molecule has 0 spiro atoms. The molecule has 0 saturated heterocycles. The Morgan fingerprint density at radius 2 is 2.04 bits per heavy atom. The van der Waals surface area contributed by atoms with E-state index in [2.05, 4.69) is 10.4 Å². The molecule has 2 heterocycles. The second kappa shape index (κ2) is 7.50. The Hall–Kier alpha value is -2.70. The zero-order valence-corrected chi connectivity index (χ0v) is 15.1. The molecule has 0 aliphatic carbocycles. The lowest BCUT2D eigenvalue weighted by Crippen LogP contribution is -2.24. The van der Waals surface area contributed by atoms with Gasteiger partial charge in [0.2, 0.25) is 0 Å². The number of nitrogens with one attached hydrogen (secondary N) is 1. The zero-order chi connectivity index (χ0) is 18.8. The molecule has 1 amide bonds. The Balaban J connectivity index is 1.44. The van der Waals surface area contributed by atoms with Gasteiger partial charge in [0.15, 0.2) is 5.69 Å². The lowest BCUT2D eigenvalue weighted by molar-refractivity contribution is -0.00119. The van der Waals surface area contributed by atoms with Crippen molar-refractivity contribution in [1.29, 1.82) is 0 Å². The number of halogens is 2. The monoisotopic (exact) mass is 385 g/mol. The van der Waals surface area contributed by atoms with Crippen LogP contribution >= 0.6 is 11.6 Å². The number of benzene rings is 2. The molecule has 1 aliphatic heterocycles. The first-order valence-electron chi connectivity index (χ1n) is 8.55. The van der Waals surface area contributed by atoms with Gasteiger partial charge >= 0.3 is 0 Å². The van der Waals surface area contributed by atoms with Crippen LogP contribution in [0.4, 0.5) is 4.39 Å². The molecule has 138 valence electrons. The van der Waals surface area contributed by atoms with Crippen LogP contribution in [0, 0.1) is 5.82 Å². The van der Waals surface area contributed by atoms with Crippen LogP contribution in [0.5, 0.6) is 0 Å². The normalized spacial score (nSPS) is 16.0. The van der Waals surface area contributed by atoms with Crippen molar-refractivity contribution in [3.8, 4) is 0 Å². The van der Waals surface area contributed by atoms with E-state index in [1.807, 2.05) is 24.3 Å². The number of fused-ring (bicyclic) bond motifs is 1. The van der Waals surface area contributed by atoms with Gasteiger partial charge in [0.1, 0.15) is 11.9 Å². The molecule has 0 radical (unpaired) electrons. The molecule has 27 heavy (non-hydrogen) atoms. The van der Waals surface area contributed by atoms with E-state index >= 15 is 0 Å². The summed E-state index contributed by atoms with van der Waals surface area (Å²) in [7, 11) is 0. The third-order valence-corrected chi connectivity index (χ3v) is 4.76. The van der Waals surface area contributed by atoms with Crippen LogP contribution in [0.25, 0.3) is 0 Å². The lowest BCUT2D eigenvalue weighted by Gasteiger charge is -2.24. The fourth-order valence-corrected chi connectivity index (χ4v) is 3.15. The van der Waals surface area contributed by atoms with Crippen molar-refractivity contribution in [1.82, 2.24) is 15.1 Å². The molecule has 1 aromatic heterocycles. The highest BCUT2D eigenvalue weighted by Crippen LogP contribution is 2.27. The maximum Gasteiger partial charge on any atom is 0.272 e. The van der Waals surface area contributed by atoms with E-state index in [4.69, 9.17) is 16.3 Å². The highest BCUT2D eigenvalue weighted by molar-refractivity contribution is 6.30. The molecule has 0 fully saturated rings. The molecular weight excluding hydrogens is 369 g/mol.